The van der Waals surface area contributed by atoms with E-state index in [0.717, 1.165) is 0 Å². The molecule has 0 amide bonds. The third-order valence-electron chi connectivity index (χ3n) is 1.45. The SMILES string of the molecule is C[Si](C)(C)C1=CNC=CN1. The molecule has 0 bridgehead atoms. The molecule has 10 heavy (non-hydrogen) atoms. The molecule has 1 aliphatic rings. The largest absolute Gasteiger partial charge is 0.366 e. The van der Waals surface area contributed by atoms with E-state index < -0.39 is 8.07 Å². The zero-order valence-electron chi connectivity index (χ0n) is 6.73. The Balaban J connectivity index is 2.65. The summed E-state index contributed by atoms with van der Waals surface area (Å²) in [6.45, 7) is 6.94. The zero-order valence-corrected chi connectivity index (χ0v) is 7.73. The van der Waals surface area contributed by atoms with E-state index in [1.54, 1.807) is 0 Å². The molecule has 1 aliphatic heterocycles. The van der Waals surface area contributed by atoms with Gasteiger partial charge in [0.05, 0.1) is 0 Å². The smallest absolute Gasteiger partial charge is 0.100 e. The summed E-state index contributed by atoms with van der Waals surface area (Å²) in [7, 11) is -1.12. The molecule has 0 radical (unpaired) electrons. The maximum atomic E-state index is 3.24. The monoisotopic (exact) mass is 154 g/mol. The van der Waals surface area contributed by atoms with Crippen LogP contribution in [-0.4, -0.2) is 8.07 Å². The highest BCUT2D eigenvalue weighted by Crippen LogP contribution is 2.11. The van der Waals surface area contributed by atoms with Gasteiger partial charge in [-0.05, 0) is 0 Å². The van der Waals surface area contributed by atoms with Crippen molar-refractivity contribution in [3.05, 3.63) is 23.9 Å². The van der Waals surface area contributed by atoms with Crippen LogP contribution in [0, 0.1) is 0 Å². The molecule has 3 heteroatoms. The first-order valence-corrected chi connectivity index (χ1v) is 6.99. The van der Waals surface area contributed by atoms with Crippen molar-refractivity contribution < 1.29 is 0 Å². The van der Waals surface area contributed by atoms with E-state index in [0.29, 0.717) is 0 Å². The van der Waals surface area contributed by atoms with Crippen LogP contribution in [0.25, 0.3) is 0 Å². The summed E-state index contributed by atoms with van der Waals surface area (Å²) in [5, 5.41) is 7.67. The topological polar surface area (TPSA) is 24.1 Å². The minimum atomic E-state index is -1.12. The van der Waals surface area contributed by atoms with Gasteiger partial charge in [-0.1, -0.05) is 19.6 Å². The van der Waals surface area contributed by atoms with Gasteiger partial charge in [0.2, 0.25) is 0 Å². The molecule has 0 fully saturated rings. The van der Waals surface area contributed by atoms with Crippen molar-refractivity contribution in [3.63, 3.8) is 0 Å². The lowest BCUT2D eigenvalue weighted by Crippen LogP contribution is -2.34. The molecule has 0 aromatic carbocycles. The van der Waals surface area contributed by atoms with E-state index in [4.69, 9.17) is 0 Å². The van der Waals surface area contributed by atoms with E-state index in [1.807, 2.05) is 18.6 Å². The molecule has 0 aliphatic carbocycles. The molecular formula is C7H14N2Si. The Morgan fingerprint density at radius 3 is 2.20 bits per heavy atom. The van der Waals surface area contributed by atoms with E-state index in [-0.39, 0.29) is 0 Å². The number of hydrogen-bond donors (Lipinski definition) is 2. The van der Waals surface area contributed by atoms with Crippen LogP contribution >= 0.6 is 0 Å². The molecule has 0 atom stereocenters. The Bertz CT molecular complexity index is 177. The van der Waals surface area contributed by atoms with Crippen LogP contribution in [0.1, 0.15) is 0 Å². The Kier molecular flexibility index (Phi) is 1.85. The van der Waals surface area contributed by atoms with E-state index in [2.05, 4.69) is 30.3 Å². The lowest BCUT2D eigenvalue weighted by Gasteiger charge is -2.22. The molecule has 2 N–H and O–H groups in total. The van der Waals surface area contributed by atoms with E-state index >= 15 is 0 Å². The molecule has 0 saturated heterocycles. The molecule has 1 rings (SSSR count). The fourth-order valence-electron chi connectivity index (χ4n) is 0.786. The summed E-state index contributed by atoms with van der Waals surface area (Å²) in [5.41, 5.74) is 0. The van der Waals surface area contributed by atoms with Crippen LogP contribution in [0.3, 0.4) is 0 Å². The van der Waals surface area contributed by atoms with Crippen molar-refractivity contribution in [1.29, 1.82) is 0 Å². The number of rotatable bonds is 1. The zero-order chi connectivity index (χ0) is 7.61. The third-order valence-corrected chi connectivity index (χ3v) is 3.36. The summed E-state index contributed by atoms with van der Waals surface area (Å²) in [5.74, 6) is 0. The minimum Gasteiger partial charge on any atom is -0.366 e. The minimum absolute atomic E-state index is 1.12. The van der Waals surface area contributed by atoms with Crippen molar-refractivity contribution in [2.24, 2.45) is 0 Å². The Morgan fingerprint density at radius 1 is 1.20 bits per heavy atom. The van der Waals surface area contributed by atoms with Crippen molar-refractivity contribution in [2.45, 2.75) is 19.6 Å². The lowest BCUT2D eigenvalue weighted by atomic mass is 10.7. The molecule has 0 aromatic rings. The summed E-state index contributed by atoms with van der Waals surface area (Å²) < 4.78 is 0. The second kappa shape index (κ2) is 2.50. The maximum absolute atomic E-state index is 3.24. The quantitative estimate of drug-likeness (QED) is 0.557. The van der Waals surface area contributed by atoms with Gasteiger partial charge in [-0.15, -0.1) is 0 Å². The van der Waals surface area contributed by atoms with Crippen LogP contribution in [0.2, 0.25) is 19.6 Å². The first-order chi connectivity index (χ1) is 4.61. The van der Waals surface area contributed by atoms with E-state index in [1.165, 1.54) is 5.32 Å². The Hall–Kier alpha value is -0.703. The fraction of sp³-hybridized carbons (Fsp3) is 0.429. The average Bonchev–Trinajstić information content (AvgIpc) is 1.88. The van der Waals surface area contributed by atoms with Gasteiger partial charge in [-0.3, -0.25) is 0 Å². The molecule has 0 aromatic heterocycles. The van der Waals surface area contributed by atoms with Gasteiger partial charge in [0.1, 0.15) is 8.07 Å². The molecule has 0 unspecified atom stereocenters. The van der Waals surface area contributed by atoms with Crippen LogP contribution in [-0.2, 0) is 0 Å². The predicted octanol–water partition coefficient (Wildman–Crippen LogP) is 1.37. The van der Waals surface area contributed by atoms with Gasteiger partial charge in [0, 0.05) is 23.9 Å². The van der Waals surface area contributed by atoms with Gasteiger partial charge < -0.3 is 10.6 Å². The maximum Gasteiger partial charge on any atom is 0.100 e. The first-order valence-electron chi connectivity index (χ1n) is 3.49. The number of hydrogen-bond acceptors (Lipinski definition) is 2. The van der Waals surface area contributed by atoms with Gasteiger partial charge in [-0.2, -0.15) is 0 Å². The van der Waals surface area contributed by atoms with Crippen LogP contribution in [0.5, 0.6) is 0 Å². The van der Waals surface area contributed by atoms with Gasteiger partial charge >= 0.3 is 0 Å². The summed E-state index contributed by atoms with van der Waals surface area (Å²) >= 11 is 0. The molecule has 56 valence electrons. The highest BCUT2D eigenvalue weighted by molar-refractivity contribution is 6.82. The number of nitrogens with one attached hydrogen (secondary N) is 2. The highest BCUT2D eigenvalue weighted by Gasteiger charge is 2.19. The first kappa shape index (κ1) is 7.40. The van der Waals surface area contributed by atoms with Gasteiger partial charge in [-0.25, -0.2) is 0 Å². The van der Waals surface area contributed by atoms with E-state index in [9.17, 15) is 0 Å². The summed E-state index contributed by atoms with van der Waals surface area (Å²) in [4.78, 5) is 0. The predicted molar refractivity (Wildman–Crippen MR) is 46.8 cm³/mol. The normalized spacial score (nSPS) is 17.3. The van der Waals surface area contributed by atoms with Crippen LogP contribution in [0.4, 0.5) is 0 Å². The molecule has 0 saturated carbocycles. The standard InChI is InChI=1S/C7H14N2Si/c1-10(2,3)7-6-8-4-5-9-7/h4-6,8-9H,1-3H3. The van der Waals surface area contributed by atoms with Gasteiger partial charge in [0.25, 0.3) is 0 Å². The fourth-order valence-corrected chi connectivity index (χ4v) is 1.82. The lowest BCUT2D eigenvalue weighted by molar-refractivity contribution is 1.00. The Labute approximate surface area is 63.0 Å². The van der Waals surface area contributed by atoms with Gasteiger partial charge in [0.15, 0.2) is 0 Å². The van der Waals surface area contributed by atoms with Crippen molar-refractivity contribution in [1.82, 2.24) is 10.6 Å². The van der Waals surface area contributed by atoms with Crippen molar-refractivity contribution >= 4 is 8.07 Å². The summed E-state index contributed by atoms with van der Waals surface area (Å²) in [6, 6.07) is 0. The highest BCUT2D eigenvalue weighted by atomic mass is 28.3. The second-order valence-electron chi connectivity index (χ2n) is 3.45. The average molecular weight is 154 g/mol. The Morgan fingerprint density at radius 2 is 1.90 bits per heavy atom. The van der Waals surface area contributed by atoms with Crippen LogP contribution < -0.4 is 10.6 Å². The molecular weight excluding hydrogens is 140 g/mol. The molecule has 2 nitrogen and oxygen atoms in total. The second-order valence-corrected chi connectivity index (χ2v) is 8.49. The molecule has 1 heterocycles. The summed E-state index contributed by atoms with van der Waals surface area (Å²) in [6.07, 6.45) is 5.88. The van der Waals surface area contributed by atoms with Crippen molar-refractivity contribution in [2.75, 3.05) is 0 Å². The molecule has 0 spiro atoms. The third kappa shape index (κ3) is 1.64. The van der Waals surface area contributed by atoms with Crippen molar-refractivity contribution in [3.8, 4) is 0 Å². The van der Waals surface area contributed by atoms with Crippen LogP contribution in [0.15, 0.2) is 23.9 Å².